The molecule has 1 aliphatic rings. The number of hydrogen-bond acceptors (Lipinski definition) is 2. The van der Waals surface area contributed by atoms with Crippen LogP contribution < -0.4 is 0 Å². The molecule has 1 unspecified atom stereocenters. The third-order valence-corrected chi connectivity index (χ3v) is 2.99. The molecule has 2 heteroatoms. The second-order valence-electron chi connectivity index (χ2n) is 3.75. The van der Waals surface area contributed by atoms with E-state index in [2.05, 4.69) is 29.4 Å². The van der Waals surface area contributed by atoms with Crippen molar-refractivity contribution in [1.82, 2.24) is 5.16 Å². The maximum absolute atomic E-state index is 4.89. The monoisotopic (exact) mass is 185 g/mol. The number of nitrogens with zero attached hydrogens (tertiary/aromatic N) is 1. The minimum atomic E-state index is 0.498. The van der Waals surface area contributed by atoms with Gasteiger partial charge in [0.05, 0.1) is 6.20 Å². The molecule has 70 valence electrons. The Hall–Kier alpha value is -1.57. The van der Waals surface area contributed by atoms with Crippen molar-refractivity contribution in [2.24, 2.45) is 0 Å². The predicted octanol–water partition coefficient (Wildman–Crippen LogP) is 2.75. The molecule has 1 aromatic heterocycles. The number of aromatic nitrogens is 1. The summed E-state index contributed by atoms with van der Waals surface area (Å²) in [5, 5.41) is 3.76. The van der Waals surface area contributed by atoms with Crippen molar-refractivity contribution in [3.05, 3.63) is 53.4 Å². The van der Waals surface area contributed by atoms with Crippen LogP contribution in [0.2, 0.25) is 0 Å². The van der Waals surface area contributed by atoms with Crippen LogP contribution in [0.1, 0.15) is 29.0 Å². The van der Waals surface area contributed by atoms with Gasteiger partial charge in [-0.05, 0) is 24.0 Å². The van der Waals surface area contributed by atoms with E-state index in [0.717, 1.165) is 0 Å². The molecule has 2 aromatic rings. The molecule has 3 rings (SSSR count). The molecule has 0 radical (unpaired) electrons. The molecular formula is C12H11NO. The first-order valence-electron chi connectivity index (χ1n) is 4.92. The van der Waals surface area contributed by atoms with E-state index in [9.17, 15) is 0 Å². The molecule has 1 aromatic carbocycles. The fourth-order valence-corrected chi connectivity index (χ4v) is 2.29. The van der Waals surface area contributed by atoms with Gasteiger partial charge in [-0.15, -0.1) is 0 Å². The maximum Gasteiger partial charge on any atom is 0.127 e. The lowest BCUT2D eigenvalue weighted by Crippen LogP contribution is -1.93. The van der Waals surface area contributed by atoms with Crippen molar-refractivity contribution >= 4 is 0 Å². The number of rotatable bonds is 1. The summed E-state index contributed by atoms with van der Waals surface area (Å²) in [5.41, 5.74) is 4.12. The van der Waals surface area contributed by atoms with E-state index in [1.54, 1.807) is 6.26 Å². The summed E-state index contributed by atoms with van der Waals surface area (Å²) >= 11 is 0. The van der Waals surface area contributed by atoms with Crippen LogP contribution in [0.25, 0.3) is 0 Å². The summed E-state index contributed by atoms with van der Waals surface area (Å²) in [6, 6.07) is 8.63. The highest BCUT2D eigenvalue weighted by molar-refractivity contribution is 5.40. The molecule has 1 atom stereocenters. The predicted molar refractivity (Wildman–Crippen MR) is 53.1 cm³/mol. The first-order valence-corrected chi connectivity index (χ1v) is 4.92. The lowest BCUT2D eigenvalue weighted by molar-refractivity contribution is 0.418. The van der Waals surface area contributed by atoms with Crippen molar-refractivity contribution in [2.45, 2.75) is 18.8 Å². The third-order valence-electron chi connectivity index (χ3n) is 2.99. The summed E-state index contributed by atoms with van der Waals surface area (Å²) in [7, 11) is 0. The summed E-state index contributed by atoms with van der Waals surface area (Å²) < 4.78 is 4.89. The van der Waals surface area contributed by atoms with Crippen molar-refractivity contribution < 1.29 is 4.52 Å². The van der Waals surface area contributed by atoms with E-state index in [1.807, 2.05) is 6.20 Å². The Bertz CT molecular complexity index is 433. The first-order chi connectivity index (χ1) is 6.95. The minimum absolute atomic E-state index is 0.498. The van der Waals surface area contributed by atoms with Crippen LogP contribution in [0.15, 0.2) is 41.2 Å². The van der Waals surface area contributed by atoms with Gasteiger partial charge in [-0.25, -0.2) is 0 Å². The van der Waals surface area contributed by atoms with E-state index in [0.29, 0.717) is 5.92 Å². The van der Waals surface area contributed by atoms with Gasteiger partial charge in [-0.2, -0.15) is 0 Å². The Morgan fingerprint density at radius 2 is 2.21 bits per heavy atom. The average Bonchev–Trinajstić information content (AvgIpc) is 2.85. The van der Waals surface area contributed by atoms with E-state index in [1.165, 1.54) is 29.5 Å². The highest BCUT2D eigenvalue weighted by Crippen LogP contribution is 2.37. The molecule has 0 fully saturated rings. The Labute approximate surface area is 82.5 Å². The minimum Gasteiger partial charge on any atom is -0.364 e. The van der Waals surface area contributed by atoms with Crippen LogP contribution in [0.5, 0.6) is 0 Å². The molecule has 0 N–H and O–H groups in total. The van der Waals surface area contributed by atoms with E-state index < -0.39 is 0 Å². The van der Waals surface area contributed by atoms with Crippen molar-refractivity contribution in [3.8, 4) is 0 Å². The topological polar surface area (TPSA) is 26.0 Å². The molecule has 2 nitrogen and oxygen atoms in total. The van der Waals surface area contributed by atoms with Gasteiger partial charge in [0.2, 0.25) is 0 Å². The van der Waals surface area contributed by atoms with E-state index in [-0.39, 0.29) is 0 Å². The molecule has 0 spiro atoms. The van der Waals surface area contributed by atoms with Crippen LogP contribution in [-0.2, 0) is 6.42 Å². The first kappa shape index (κ1) is 7.80. The Morgan fingerprint density at radius 1 is 1.29 bits per heavy atom. The zero-order valence-corrected chi connectivity index (χ0v) is 7.81. The van der Waals surface area contributed by atoms with E-state index >= 15 is 0 Å². The van der Waals surface area contributed by atoms with Gasteiger partial charge in [0, 0.05) is 11.5 Å². The quantitative estimate of drug-likeness (QED) is 0.682. The molecule has 0 bridgehead atoms. The smallest absolute Gasteiger partial charge is 0.127 e. The molecule has 14 heavy (non-hydrogen) atoms. The molecule has 0 saturated heterocycles. The Kier molecular flexibility index (Phi) is 1.66. The highest BCUT2D eigenvalue weighted by atomic mass is 16.5. The Morgan fingerprint density at radius 3 is 3.07 bits per heavy atom. The van der Waals surface area contributed by atoms with Gasteiger partial charge in [-0.1, -0.05) is 29.4 Å². The molecule has 0 saturated carbocycles. The van der Waals surface area contributed by atoms with Gasteiger partial charge in [0.15, 0.2) is 0 Å². The van der Waals surface area contributed by atoms with Gasteiger partial charge >= 0.3 is 0 Å². The van der Waals surface area contributed by atoms with Crippen LogP contribution >= 0.6 is 0 Å². The average molecular weight is 185 g/mol. The highest BCUT2D eigenvalue weighted by Gasteiger charge is 2.24. The Balaban J connectivity index is 2.06. The summed E-state index contributed by atoms with van der Waals surface area (Å²) in [5.74, 6) is 0.498. The van der Waals surface area contributed by atoms with Crippen LogP contribution in [0, 0.1) is 0 Å². The van der Waals surface area contributed by atoms with Crippen molar-refractivity contribution in [2.75, 3.05) is 0 Å². The molecule has 1 aliphatic carbocycles. The molecule has 0 aliphatic heterocycles. The largest absolute Gasteiger partial charge is 0.364 e. The lowest BCUT2D eigenvalue weighted by Gasteiger charge is -2.07. The second kappa shape index (κ2) is 2.98. The summed E-state index contributed by atoms with van der Waals surface area (Å²) in [6.07, 6.45) is 5.94. The van der Waals surface area contributed by atoms with Crippen LogP contribution in [0.4, 0.5) is 0 Å². The molecular weight excluding hydrogens is 174 g/mol. The fraction of sp³-hybridized carbons (Fsp3) is 0.250. The van der Waals surface area contributed by atoms with Crippen LogP contribution in [-0.4, -0.2) is 5.16 Å². The molecule has 0 amide bonds. The number of fused-ring (bicyclic) bond motifs is 1. The number of benzene rings is 1. The van der Waals surface area contributed by atoms with Gasteiger partial charge < -0.3 is 4.52 Å². The summed E-state index contributed by atoms with van der Waals surface area (Å²) in [4.78, 5) is 0. The van der Waals surface area contributed by atoms with Crippen molar-refractivity contribution in [3.63, 3.8) is 0 Å². The normalized spacial score (nSPS) is 19.6. The third kappa shape index (κ3) is 1.07. The number of aryl methyl sites for hydroxylation is 1. The lowest BCUT2D eigenvalue weighted by atomic mass is 9.96. The van der Waals surface area contributed by atoms with Gasteiger partial charge in [0.25, 0.3) is 0 Å². The van der Waals surface area contributed by atoms with Crippen LogP contribution in [0.3, 0.4) is 0 Å². The second-order valence-corrected chi connectivity index (χ2v) is 3.75. The SMILES string of the molecule is c1ccc2c(c1)CCC2c1cnoc1. The number of hydrogen-bond donors (Lipinski definition) is 0. The van der Waals surface area contributed by atoms with Gasteiger partial charge in [0.1, 0.15) is 6.26 Å². The fourth-order valence-electron chi connectivity index (χ4n) is 2.29. The van der Waals surface area contributed by atoms with Crippen molar-refractivity contribution in [1.29, 1.82) is 0 Å². The standard InChI is InChI=1S/C12H11NO/c1-2-4-11-9(3-1)5-6-12(11)10-7-13-14-8-10/h1-4,7-8,12H,5-6H2. The van der Waals surface area contributed by atoms with E-state index in [4.69, 9.17) is 4.52 Å². The zero-order chi connectivity index (χ0) is 9.38. The zero-order valence-electron chi connectivity index (χ0n) is 7.81. The molecule has 1 heterocycles. The van der Waals surface area contributed by atoms with Gasteiger partial charge in [-0.3, -0.25) is 0 Å². The maximum atomic E-state index is 4.89. The summed E-state index contributed by atoms with van der Waals surface area (Å²) in [6.45, 7) is 0.